The Balaban J connectivity index is 2.24. The summed E-state index contributed by atoms with van der Waals surface area (Å²) in [6.07, 6.45) is 0. The average molecular weight is 171 g/mol. The second-order valence-electron chi connectivity index (χ2n) is 3.56. The van der Waals surface area contributed by atoms with Gasteiger partial charge >= 0.3 is 0 Å². The zero-order chi connectivity index (χ0) is 9.14. The van der Waals surface area contributed by atoms with Crippen molar-refractivity contribution >= 4 is 5.91 Å². The maximum absolute atomic E-state index is 10.7. The molecule has 0 saturated carbocycles. The smallest absolute Gasteiger partial charge is 0.221 e. The van der Waals surface area contributed by atoms with Crippen molar-refractivity contribution in [1.82, 2.24) is 10.2 Å². The molecule has 1 atom stereocenters. The molecule has 1 heterocycles. The molecule has 1 aliphatic rings. The van der Waals surface area contributed by atoms with Gasteiger partial charge in [0.2, 0.25) is 5.91 Å². The van der Waals surface area contributed by atoms with Gasteiger partial charge in [0.1, 0.15) is 0 Å². The molecule has 1 rings (SSSR count). The fraction of sp³-hybridized carbons (Fsp3) is 0.875. The summed E-state index contributed by atoms with van der Waals surface area (Å²) >= 11 is 0. The molecular weight excluding hydrogens is 154 g/mol. The van der Waals surface area contributed by atoms with Crippen molar-refractivity contribution in [1.29, 1.82) is 0 Å². The molecule has 1 aliphatic heterocycles. The molecular formula is C8H17N3O. The Kier molecular flexibility index (Phi) is 3.05. The molecule has 12 heavy (non-hydrogen) atoms. The van der Waals surface area contributed by atoms with Gasteiger partial charge in [0.15, 0.2) is 0 Å². The third kappa shape index (κ3) is 2.19. The van der Waals surface area contributed by atoms with Crippen molar-refractivity contribution in [2.24, 2.45) is 11.7 Å². The van der Waals surface area contributed by atoms with Gasteiger partial charge in [-0.2, -0.15) is 0 Å². The molecule has 1 fully saturated rings. The molecule has 4 nitrogen and oxygen atoms in total. The minimum absolute atomic E-state index is 0.0457. The normalized spacial score (nSPS) is 20.6. The number of hydrogen-bond acceptors (Lipinski definition) is 3. The molecule has 0 aromatic heterocycles. The first-order chi connectivity index (χ1) is 5.61. The Bertz CT molecular complexity index is 168. The molecule has 4 heteroatoms. The lowest BCUT2D eigenvalue weighted by molar-refractivity contribution is -0.122. The van der Waals surface area contributed by atoms with Crippen LogP contribution in [-0.4, -0.2) is 43.5 Å². The van der Waals surface area contributed by atoms with Gasteiger partial charge in [-0.15, -0.1) is 0 Å². The van der Waals surface area contributed by atoms with E-state index in [-0.39, 0.29) is 11.8 Å². The van der Waals surface area contributed by atoms with Crippen molar-refractivity contribution < 1.29 is 4.79 Å². The van der Waals surface area contributed by atoms with Crippen LogP contribution in [0.3, 0.4) is 0 Å². The Labute approximate surface area is 73.1 Å². The van der Waals surface area contributed by atoms with Crippen LogP contribution in [0.1, 0.15) is 6.92 Å². The van der Waals surface area contributed by atoms with Crippen molar-refractivity contribution in [2.75, 3.05) is 26.7 Å². The summed E-state index contributed by atoms with van der Waals surface area (Å²) in [6, 6.07) is 0.590. The molecule has 0 aliphatic carbocycles. The van der Waals surface area contributed by atoms with Crippen LogP contribution < -0.4 is 11.1 Å². The molecule has 3 N–H and O–H groups in total. The standard InChI is InChI=1S/C8H17N3O/c1-6(8(9)12)5-11(2)7-3-10-4-7/h6-7,10H,3-5H2,1-2H3,(H2,9,12). The highest BCUT2D eigenvalue weighted by molar-refractivity contribution is 5.76. The number of carbonyl (C=O) groups is 1. The molecule has 0 aromatic carbocycles. The lowest BCUT2D eigenvalue weighted by atomic mass is 10.1. The summed E-state index contributed by atoms with van der Waals surface area (Å²) in [5.74, 6) is -0.260. The van der Waals surface area contributed by atoms with Gasteiger partial charge < -0.3 is 16.0 Å². The Morgan fingerprint density at radius 1 is 1.75 bits per heavy atom. The quantitative estimate of drug-likeness (QED) is 0.571. The van der Waals surface area contributed by atoms with E-state index in [1.54, 1.807) is 0 Å². The predicted octanol–water partition coefficient (Wildman–Crippen LogP) is -0.989. The minimum Gasteiger partial charge on any atom is -0.369 e. The number of nitrogens with one attached hydrogen (secondary N) is 1. The van der Waals surface area contributed by atoms with Crippen LogP contribution in [-0.2, 0) is 4.79 Å². The van der Waals surface area contributed by atoms with E-state index < -0.39 is 0 Å². The van der Waals surface area contributed by atoms with Crippen LogP contribution in [0, 0.1) is 5.92 Å². The van der Waals surface area contributed by atoms with E-state index in [1.807, 2.05) is 14.0 Å². The monoisotopic (exact) mass is 171 g/mol. The summed E-state index contributed by atoms with van der Waals surface area (Å²) in [5.41, 5.74) is 5.16. The summed E-state index contributed by atoms with van der Waals surface area (Å²) in [7, 11) is 2.03. The highest BCUT2D eigenvalue weighted by Gasteiger charge is 2.23. The molecule has 0 spiro atoms. The molecule has 0 radical (unpaired) electrons. The first-order valence-corrected chi connectivity index (χ1v) is 4.31. The Morgan fingerprint density at radius 2 is 2.33 bits per heavy atom. The molecule has 1 amide bonds. The van der Waals surface area contributed by atoms with E-state index in [9.17, 15) is 4.79 Å². The third-order valence-electron chi connectivity index (χ3n) is 2.43. The predicted molar refractivity (Wildman–Crippen MR) is 47.6 cm³/mol. The fourth-order valence-electron chi connectivity index (χ4n) is 1.26. The summed E-state index contributed by atoms with van der Waals surface area (Å²) in [4.78, 5) is 12.9. The third-order valence-corrected chi connectivity index (χ3v) is 2.43. The second-order valence-corrected chi connectivity index (χ2v) is 3.56. The lowest BCUT2D eigenvalue weighted by Crippen LogP contribution is -2.57. The first-order valence-electron chi connectivity index (χ1n) is 4.31. The van der Waals surface area contributed by atoms with Gasteiger partial charge in [-0.25, -0.2) is 0 Å². The SMILES string of the molecule is CC(CN(C)C1CNC1)C(N)=O. The minimum atomic E-state index is -0.214. The van der Waals surface area contributed by atoms with Crippen molar-refractivity contribution in [3.63, 3.8) is 0 Å². The van der Waals surface area contributed by atoms with E-state index in [1.165, 1.54) is 0 Å². The lowest BCUT2D eigenvalue weighted by Gasteiger charge is -2.36. The number of amides is 1. The first kappa shape index (κ1) is 9.48. The van der Waals surface area contributed by atoms with Crippen molar-refractivity contribution in [3.05, 3.63) is 0 Å². The van der Waals surface area contributed by atoms with Crippen LogP contribution in [0.25, 0.3) is 0 Å². The van der Waals surface area contributed by atoms with E-state index in [0.29, 0.717) is 6.04 Å². The summed E-state index contributed by atoms with van der Waals surface area (Å²) in [5, 5.41) is 3.19. The maximum Gasteiger partial charge on any atom is 0.221 e. The van der Waals surface area contributed by atoms with Crippen LogP contribution in [0.4, 0.5) is 0 Å². The van der Waals surface area contributed by atoms with Gasteiger partial charge in [-0.3, -0.25) is 4.79 Å². The van der Waals surface area contributed by atoms with Gasteiger partial charge in [0.25, 0.3) is 0 Å². The van der Waals surface area contributed by atoms with Crippen molar-refractivity contribution in [2.45, 2.75) is 13.0 Å². The van der Waals surface area contributed by atoms with Gasteiger partial charge in [-0.1, -0.05) is 6.92 Å². The number of rotatable bonds is 4. The second kappa shape index (κ2) is 3.87. The van der Waals surface area contributed by atoms with Gasteiger partial charge in [0.05, 0.1) is 0 Å². The Morgan fingerprint density at radius 3 is 2.67 bits per heavy atom. The van der Waals surface area contributed by atoms with E-state index in [4.69, 9.17) is 5.73 Å². The topological polar surface area (TPSA) is 58.4 Å². The number of nitrogens with two attached hydrogens (primary N) is 1. The number of primary amides is 1. The number of carbonyl (C=O) groups excluding carboxylic acids is 1. The zero-order valence-corrected chi connectivity index (χ0v) is 7.71. The highest BCUT2D eigenvalue weighted by atomic mass is 16.1. The Hall–Kier alpha value is -0.610. The van der Waals surface area contributed by atoms with Gasteiger partial charge in [0, 0.05) is 31.6 Å². The number of nitrogens with zero attached hydrogens (tertiary/aromatic N) is 1. The van der Waals surface area contributed by atoms with E-state index in [2.05, 4.69) is 10.2 Å². The largest absolute Gasteiger partial charge is 0.369 e. The van der Waals surface area contributed by atoms with E-state index >= 15 is 0 Å². The molecule has 0 aromatic rings. The molecule has 1 saturated heterocycles. The van der Waals surface area contributed by atoms with Crippen LogP contribution >= 0.6 is 0 Å². The van der Waals surface area contributed by atoms with Gasteiger partial charge in [-0.05, 0) is 7.05 Å². The van der Waals surface area contributed by atoms with Crippen LogP contribution in [0.15, 0.2) is 0 Å². The van der Waals surface area contributed by atoms with Crippen LogP contribution in [0.2, 0.25) is 0 Å². The number of likely N-dealkylation sites (N-methyl/N-ethyl adjacent to an activating group) is 1. The van der Waals surface area contributed by atoms with E-state index in [0.717, 1.165) is 19.6 Å². The summed E-state index contributed by atoms with van der Waals surface area (Å²) < 4.78 is 0. The average Bonchev–Trinajstić information content (AvgIpc) is 1.82. The fourth-order valence-corrected chi connectivity index (χ4v) is 1.26. The highest BCUT2D eigenvalue weighted by Crippen LogP contribution is 2.05. The zero-order valence-electron chi connectivity index (χ0n) is 7.71. The maximum atomic E-state index is 10.7. The molecule has 70 valence electrons. The summed E-state index contributed by atoms with van der Waals surface area (Å²) in [6.45, 7) is 4.69. The number of hydrogen-bond donors (Lipinski definition) is 2. The van der Waals surface area contributed by atoms with Crippen molar-refractivity contribution in [3.8, 4) is 0 Å². The van der Waals surface area contributed by atoms with Crippen LogP contribution in [0.5, 0.6) is 0 Å². The molecule has 1 unspecified atom stereocenters. The molecule has 0 bridgehead atoms.